The predicted molar refractivity (Wildman–Crippen MR) is 64.4 cm³/mol. The van der Waals surface area contributed by atoms with E-state index in [1.807, 2.05) is 31.2 Å². The smallest absolute Gasteiger partial charge is 0.226 e. The van der Waals surface area contributed by atoms with Crippen molar-refractivity contribution in [3.8, 4) is 0 Å². The van der Waals surface area contributed by atoms with Gasteiger partial charge in [-0.1, -0.05) is 23.7 Å². The molecule has 1 aromatic carbocycles. The highest BCUT2D eigenvalue weighted by Gasteiger charge is 2.25. The van der Waals surface area contributed by atoms with Gasteiger partial charge in [0, 0.05) is 18.1 Å². The zero-order valence-electron chi connectivity index (χ0n) is 9.16. The maximum Gasteiger partial charge on any atom is 0.226 e. The van der Waals surface area contributed by atoms with Crippen LogP contribution in [-0.2, 0) is 4.79 Å². The van der Waals surface area contributed by atoms with Crippen LogP contribution in [0.4, 0.5) is 0 Å². The molecular formula is C12H15ClN2O. The van der Waals surface area contributed by atoms with Crippen molar-refractivity contribution in [2.75, 3.05) is 13.1 Å². The van der Waals surface area contributed by atoms with E-state index in [1.165, 1.54) is 0 Å². The largest absolute Gasteiger partial charge is 0.349 e. The van der Waals surface area contributed by atoms with Gasteiger partial charge >= 0.3 is 0 Å². The quantitative estimate of drug-likeness (QED) is 0.842. The van der Waals surface area contributed by atoms with Crippen LogP contribution in [0.5, 0.6) is 0 Å². The van der Waals surface area contributed by atoms with Crippen LogP contribution >= 0.6 is 11.6 Å². The molecule has 1 fully saturated rings. The summed E-state index contributed by atoms with van der Waals surface area (Å²) in [6, 6.07) is 7.58. The second-order valence-electron chi connectivity index (χ2n) is 4.14. The monoisotopic (exact) mass is 238 g/mol. The fourth-order valence-corrected chi connectivity index (χ4v) is 1.86. The summed E-state index contributed by atoms with van der Waals surface area (Å²) in [5.41, 5.74) is 1.04. The van der Waals surface area contributed by atoms with E-state index in [2.05, 4.69) is 10.6 Å². The summed E-state index contributed by atoms with van der Waals surface area (Å²) >= 11 is 5.90. The summed E-state index contributed by atoms with van der Waals surface area (Å²) < 4.78 is 0. The normalized spacial score (nSPS) is 17.6. The van der Waals surface area contributed by atoms with Crippen molar-refractivity contribution in [1.82, 2.24) is 10.6 Å². The number of nitrogens with one attached hydrogen (secondary N) is 2. The first-order valence-electron chi connectivity index (χ1n) is 5.43. The molecule has 1 aliphatic heterocycles. The average Bonchev–Trinajstić information content (AvgIpc) is 2.14. The van der Waals surface area contributed by atoms with Gasteiger partial charge in [0.25, 0.3) is 0 Å². The molecule has 86 valence electrons. The molecule has 1 amide bonds. The fraction of sp³-hybridized carbons (Fsp3) is 0.417. The number of hydrogen-bond donors (Lipinski definition) is 2. The fourth-order valence-electron chi connectivity index (χ4n) is 1.66. The van der Waals surface area contributed by atoms with Crippen molar-refractivity contribution >= 4 is 17.5 Å². The Morgan fingerprint density at radius 3 is 2.88 bits per heavy atom. The highest BCUT2D eigenvalue weighted by Crippen LogP contribution is 2.18. The van der Waals surface area contributed by atoms with Gasteiger partial charge in [-0.05, 0) is 24.6 Å². The highest BCUT2D eigenvalue weighted by molar-refractivity contribution is 6.30. The first kappa shape index (κ1) is 11.4. The maximum atomic E-state index is 11.7. The molecule has 0 radical (unpaired) electrons. The zero-order chi connectivity index (χ0) is 11.5. The van der Waals surface area contributed by atoms with Crippen LogP contribution in [0.3, 0.4) is 0 Å². The molecule has 0 aromatic heterocycles. The molecular weight excluding hydrogens is 224 g/mol. The molecule has 0 spiro atoms. The van der Waals surface area contributed by atoms with Crippen LogP contribution < -0.4 is 10.6 Å². The molecule has 1 unspecified atom stereocenters. The Hall–Kier alpha value is -1.06. The Bertz CT molecular complexity index is 390. The van der Waals surface area contributed by atoms with Crippen LogP contribution in [0.1, 0.15) is 18.5 Å². The molecule has 1 saturated heterocycles. The van der Waals surface area contributed by atoms with Crippen molar-refractivity contribution in [1.29, 1.82) is 0 Å². The topological polar surface area (TPSA) is 41.1 Å². The van der Waals surface area contributed by atoms with E-state index in [-0.39, 0.29) is 17.9 Å². The number of rotatable bonds is 3. The van der Waals surface area contributed by atoms with E-state index >= 15 is 0 Å². The lowest BCUT2D eigenvalue weighted by molar-refractivity contribution is -0.127. The number of carbonyl (C=O) groups excluding carboxylic acids is 1. The number of amides is 1. The standard InChI is InChI=1S/C12H15ClN2O/c1-8(9-3-2-4-11(13)5-9)15-12(16)10-6-14-7-10/h2-5,8,10,14H,6-7H2,1H3,(H,15,16). The minimum Gasteiger partial charge on any atom is -0.349 e. The van der Waals surface area contributed by atoms with Crippen LogP contribution in [0.15, 0.2) is 24.3 Å². The van der Waals surface area contributed by atoms with Crippen molar-refractivity contribution in [2.45, 2.75) is 13.0 Å². The maximum absolute atomic E-state index is 11.7. The third-order valence-corrected chi connectivity index (χ3v) is 3.09. The summed E-state index contributed by atoms with van der Waals surface area (Å²) in [5, 5.41) is 6.77. The van der Waals surface area contributed by atoms with Gasteiger partial charge in [-0.15, -0.1) is 0 Å². The minimum atomic E-state index is 0.00630. The van der Waals surface area contributed by atoms with Gasteiger partial charge in [-0.3, -0.25) is 4.79 Å². The number of benzene rings is 1. The van der Waals surface area contributed by atoms with Crippen molar-refractivity contribution in [3.63, 3.8) is 0 Å². The van der Waals surface area contributed by atoms with Gasteiger partial charge in [0.15, 0.2) is 0 Å². The van der Waals surface area contributed by atoms with E-state index in [0.29, 0.717) is 5.02 Å². The van der Waals surface area contributed by atoms with E-state index in [0.717, 1.165) is 18.7 Å². The molecule has 1 aliphatic rings. The average molecular weight is 239 g/mol. The number of halogens is 1. The predicted octanol–water partition coefficient (Wildman–Crippen LogP) is 1.74. The molecule has 1 heterocycles. The number of hydrogen-bond acceptors (Lipinski definition) is 2. The van der Waals surface area contributed by atoms with Crippen LogP contribution in [0.2, 0.25) is 5.02 Å². The van der Waals surface area contributed by atoms with Gasteiger partial charge in [-0.2, -0.15) is 0 Å². The minimum absolute atomic E-state index is 0.00630. The van der Waals surface area contributed by atoms with E-state index in [4.69, 9.17) is 11.6 Å². The molecule has 0 aliphatic carbocycles. The molecule has 1 aromatic rings. The second kappa shape index (κ2) is 4.85. The van der Waals surface area contributed by atoms with Crippen molar-refractivity contribution < 1.29 is 4.79 Å². The SMILES string of the molecule is CC(NC(=O)C1CNC1)c1cccc(Cl)c1. The second-order valence-corrected chi connectivity index (χ2v) is 4.58. The van der Waals surface area contributed by atoms with Gasteiger partial charge < -0.3 is 10.6 Å². The Labute approximate surface area is 100 Å². The van der Waals surface area contributed by atoms with Gasteiger partial charge in [0.2, 0.25) is 5.91 Å². The molecule has 3 nitrogen and oxygen atoms in total. The highest BCUT2D eigenvalue weighted by atomic mass is 35.5. The molecule has 16 heavy (non-hydrogen) atoms. The molecule has 2 N–H and O–H groups in total. The van der Waals surface area contributed by atoms with Crippen LogP contribution in [0.25, 0.3) is 0 Å². The summed E-state index contributed by atoms with van der Waals surface area (Å²) in [6.45, 7) is 3.54. The summed E-state index contributed by atoms with van der Waals surface area (Å²) in [6.07, 6.45) is 0. The summed E-state index contributed by atoms with van der Waals surface area (Å²) in [7, 11) is 0. The lowest BCUT2D eigenvalue weighted by Gasteiger charge is -2.27. The van der Waals surface area contributed by atoms with Gasteiger partial charge in [0.1, 0.15) is 0 Å². The Balaban J connectivity index is 1.96. The third kappa shape index (κ3) is 2.54. The molecule has 4 heteroatoms. The van der Waals surface area contributed by atoms with E-state index in [9.17, 15) is 4.79 Å². The van der Waals surface area contributed by atoms with Crippen molar-refractivity contribution in [3.05, 3.63) is 34.9 Å². The Morgan fingerprint density at radius 1 is 1.56 bits per heavy atom. The van der Waals surface area contributed by atoms with Gasteiger partial charge in [0.05, 0.1) is 12.0 Å². The Morgan fingerprint density at radius 2 is 2.31 bits per heavy atom. The Kier molecular flexibility index (Phi) is 3.46. The third-order valence-electron chi connectivity index (χ3n) is 2.86. The van der Waals surface area contributed by atoms with Crippen LogP contribution in [-0.4, -0.2) is 19.0 Å². The molecule has 2 rings (SSSR count). The summed E-state index contributed by atoms with van der Waals surface area (Å²) in [4.78, 5) is 11.7. The lowest BCUT2D eigenvalue weighted by Crippen LogP contribution is -2.51. The molecule has 0 saturated carbocycles. The first-order valence-corrected chi connectivity index (χ1v) is 5.81. The van der Waals surface area contributed by atoms with E-state index in [1.54, 1.807) is 0 Å². The first-order chi connectivity index (χ1) is 7.66. The molecule has 1 atom stereocenters. The van der Waals surface area contributed by atoms with Crippen molar-refractivity contribution in [2.24, 2.45) is 5.92 Å². The van der Waals surface area contributed by atoms with E-state index < -0.39 is 0 Å². The van der Waals surface area contributed by atoms with Crippen LogP contribution in [0, 0.1) is 5.92 Å². The lowest BCUT2D eigenvalue weighted by atomic mass is 10.0. The zero-order valence-corrected chi connectivity index (χ0v) is 9.92. The molecule has 0 bridgehead atoms. The number of carbonyl (C=O) groups is 1. The van der Waals surface area contributed by atoms with Gasteiger partial charge in [-0.25, -0.2) is 0 Å². The summed E-state index contributed by atoms with van der Waals surface area (Å²) in [5.74, 6) is 0.243.